The SMILES string of the molecule is COC(=O)[C@H](C)NC(=O)Nc1ccc(C)cc1. The van der Waals surface area contributed by atoms with Crippen LogP contribution < -0.4 is 10.6 Å². The molecule has 5 heteroatoms. The maximum absolute atomic E-state index is 11.5. The van der Waals surface area contributed by atoms with Gasteiger partial charge in [-0.3, -0.25) is 0 Å². The molecular formula is C12H16N2O3. The number of amides is 2. The minimum Gasteiger partial charge on any atom is -0.467 e. The molecule has 0 spiro atoms. The van der Waals surface area contributed by atoms with E-state index in [9.17, 15) is 9.59 Å². The summed E-state index contributed by atoms with van der Waals surface area (Å²) in [6.45, 7) is 3.52. The lowest BCUT2D eigenvalue weighted by atomic mass is 10.2. The third-order valence-corrected chi connectivity index (χ3v) is 2.21. The van der Waals surface area contributed by atoms with Crippen molar-refractivity contribution in [3.8, 4) is 0 Å². The third-order valence-electron chi connectivity index (χ3n) is 2.21. The molecule has 5 nitrogen and oxygen atoms in total. The first-order valence-electron chi connectivity index (χ1n) is 5.25. The Balaban J connectivity index is 2.50. The van der Waals surface area contributed by atoms with Gasteiger partial charge in [-0.05, 0) is 26.0 Å². The molecule has 1 rings (SSSR count). The summed E-state index contributed by atoms with van der Waals surface area (Å²) in [6, 6.07) is 6.24. The number of aryl methyl sites for hydroxylation is 1. The molecular weight excluding hydrogens is 220 g/mol. The van der Waals surface area contributed by atoms with Gasteiger partial charge in [0.25, 0.3) is 0 Å². The molecule has 2 amide bonds. The number of ether oxygens (including phenoxy) is 1. The zero-order valence-corrected chi connectivity index (χ0v) is 10.1. The van der Waals surface area contributed by atoms with Crippen molar-refractivity contribution in [2.45, 2.75) is 19.9 Å². The van der Waals surface area contributed by atoms with E-state index < -0.39 is 18.0 Å². The fourth-order valence-corrected chi connectivity index (χ4v) is 1.24. The van der Waals surface area contributed by atoms with Gasteiger partial charge in [0, 0.05) is 5.69 Å². The zero-order chi connectivity index (χ0) is 12.8. The summed E-state index contributed by atoms with van der Waals surface area (Å²) in [5.41, 5.74) is 1.78. The molecule has 0 unspecified atom stereocenters. The van der Waals surface area contributed by atoms with Crippen LogP contribution in [0, 0.1) is 6.92 Å². The van der Waals surface area contributed by atoms with Crippen molar-refractivity contribution in [2.75, 3.05) is 12.4 Å². The maximum atomic E-state index is 11.5. The van der Waals surface area contributed by atoms with Crippen LogP contribution in [0.3, 0.4) is 0 Å². The fraction of sp³-hybridized carbons (Fsp3) is 0.333. The van der Waals surface area contributed by atoms with Gasteiger partial charge in [0.05, 0.1) is 7.11 Å². The maximum Gasteiger partial charge on any atom is 0.328 e. The highest BCUT2D eigenvalue weighted by Gasteiger charge is 2.15. The molecule has 1 aromatic rings. The van der Waals surface area contributed by atoms with Gasteiger partial charge >= 0.3 is 12.0 Å². The number of hydrogen-bond acceptors (Lipinski definition) is 3. The number of carbonyl (C=O) groups excluding carboxylic acids is 2. The van der Waals surface area contributed by atoms with Crippen LogP contribution in [0.1, 0.15) is 12.5 Å². The van der Waals surface area contributed by atoms with Gasteiger partial charge in [-0.2, -0.15) is 0 Å². The highest BCUT2D eigenvalue weighted by molar-refractivity contribution is 5.92. The molecule has 1 aromatic carbocycles. The Morgan fingerprint density at radius 2 is 1.82 bits per heavy atom. The number of nitrogens with one attached hydrogen (secondary N) is 2. The van der Waals surface area contributed by atoms with Gasteiger partial charge in [0.15, 0.2) is 0 Å². The van der Waals surface area contributed by atoms with E-state index in [-0.39, 0.29) is 0 Å². The normalized spacial score (nSPS) is 11.5. The van der Waals surface area contributed by atoms with Gasteiger partial charge < -0.3 is 15.4 Å². The second kappa shape index (κ2) is 5.89. The van der Waals surface area contributed by atoms with Crippen LogP contribution in [0.4, 0.5) is 10.5 Å². The van der Waals surface area contributed by atoms with Gasteiger partial charge in [-0.15, -0.1) is 0 Å². The van der Waals surface area contributed by atoms with E-state index in [2.05, 4.69) is 15.4 Å². The number of benzene rings is 1. The lowest BCUT2D eigenvalue weighted by Gasteiger charge is -2.12. The summed E-state index contributed by atoms with van der Waals surface area (Å²) < 4.78 is 4.50. The first kappa shape index (κ1) is 13.0. The quantitative estimate of drug-likeness (QED) is 0.784. The zero-order valence-electron chi connectivity index (χ0n) is 10.1. The summed E-state index contributed by atoms with van der Waals surface area (Å²) in [7, 11) is 1.28. The average molecular weight is 236 g/mol. The van der Waals surface area contributed by atoms with E-state index in [4.69, 9.17) is 0 Å². The van der Waals surface area contributed by atoms with Crippen LogP contribution in [0.2, 0.25) is 0 Å². The first-order chi connectivity index (χ1) is 8.02. The van der Waals surface area contributed by atoms with E-state index in [1.807, 2.05) is 19.1 Å². The summed E-state index contributed by atoms with van der Waals surface area (Å²) in [5.74, 6) is -0.482. The molecule has 0 saturated carbocycles. The molecule has 0 bridgehead atoms. The Morgan fingerprint density at radius 3 is 2.35 bits per heavy atom. The lowest BCUT2D eigenvalue weighted by molar-refractivity contribution is -0.142. The Bertz CT molecular complexity index is 401. The minimum atomic E-state index is -0.676. The standard InChI is InChI=1S/C12H16N2O3/c1-8-4-6-10(7-5-8)14-12(16)13-9(2)11(15)17-3/h4-7,9H,1-3H3,(H2,13,14,16)/t9-/m0/s1. The van der Waals surface area contributed by atoms with E-state index in [0.717, 1.165) is 5.56 Å². The molecule has 2 N–H and O–H groups in total. The summed E-state index contributed by atoms with van der Waals surface area (Å²) >= 11 is 0. The molecule has 0 aliphatic carbocycles. The van der Waals surface area contributed by atoms with Crippen LogP contribution in [-0.4, -0.2) is 25.2 Å². The molecule has 0 aromatic heterocycles. The molecule has 17 heavy (non-hydrogen) atoms. The van der Waals surface area contributed by atoms with Crippen LogP contribution in [-0.2, 0) is 9.53 Å². The van der Waals surface area contributed by atoms with Crippen molar-refractivity contribution in [3.05, 3.63) is 29.8 Å². The summed E-state index contributed by atoms with van der Waals surface area (Å²) in [5, 5.41) is 5.09. The number of esters is 1. The summed E-state index contributed by atoms with van der Waals surface area (Å²) in [4.78, 5) is 22.6. The third kappa shape index (κ3) is 4.14. The van der Waals surface area contributed by atoms with E-state index >= 15 is 0 Å². The minimum absolute atomic E-state index is 0.438. The summed E-state index contributed by atoms with van der Waals surface area (Å²) in [6.07, 6.45) is 0. The monoisotopic (exact) mass is 236 g/mol. The smallest absolute Gasteiger partial charge is 0.328 e. The van der Waals surface area contributed by atoms with E-state index in [0.29, 0.717) is 5.69 Å². The van der Waals surface area contributed by atoms with Gasteiger partial charge in [0.2, 0.25) is 0 Å². The topological polar surface area (TPSA) is 67.4 Å². The Hall–Kier alpha value is -2.04. The molecule has 0 fully saturated rings. The van der Waals surface area contributed by atoms with Crippen molar-refractivity contribution in [2.24, 2.45) is 0 Å². The molecule has 0 heterocycles. The largest absolute Gasteiger partial charge is 0.467 e. The fourth-order valence-electron chi connectivity index (χ4n) is 1.24. The van der Waals surface area contributed by atoms with Crippen molar-refractivity contribution in [1.29, 1.82) is 0 Å². The van der Waals surface area contributed by atoms with Crippen molar-refractivity contribution >= 4 is 17.7 Å². The number of anilines is 1. The van der Waals surface area contributed by atoms with Gasteiger partial charge in [-0.1, -0.05) is 17.7 Å². The van der Waals surface area contributed by atoms with Crippen LogP contribution in [0.5, 0.6) is 0 Å². The molecule has 1 atom stereocenters. The Morgan fingerprint density at radius 1 is 1.24 bits per heavy atom. The highest BCUT2D eigenvalue weighted by Crippen LogP contribution is 2.08. The van der Waals surface area contributed by atoms with Crippen LogP contribution in [0.25, 0.3) is 0 Å². The predicted molar refractivity (Wildman–Crippen MR) is 64.8 cm³/mol. The molecule has 0 aliphatic rings. The lowest BCUT2D eigenvalue weighted by Crippen LogP contribution is -2.41. The van der Waals surface area contributed by atoms with Crippen molar-refractivity contribution < 1.29 is 14.3 Å². The van der Waals surface area contributed by atoms with Crippen LogP contribution in [0.15, 0.2) is 24.3 Å². The second-order valence-electron chi connectivity index (χ2n) is 3.71. The number of hydrogen-bond donors (Lipinski definition) is 2. The number of urea groups is 1. The number of carbonyl (C=O) groups is 2. The van der Waals surface area contributed by atoms with Crippen molar-refractivity contribution in [3.63, 3.8) is 0 Å². The van der Waals surface area contributed by atoms with Crippen molar-refractivity contribution in [1.82, 2.24) is 5.32 Å². The molecule has 0 radical (unpaired) electrons. The molecule has 0 saturated heterocycles. The first-order valence-corrected chi connectivity index (χ1v) is 5.25. The van der Waals surface area contributed by atoms with E-state index in [1.165, 1.54) is 7.11 Å². The molecule has 92 valence electrons. The molecule has 0 aliphatic heterocycles. The van der Waals surface area contributed by atoms with Gasteiger partial charge in [0.1, 0.15) is 6.04 Å². The highest BCUT2D eigenvalue weighted by atomic mass is 16.5. The van der Waals surface area contributed by atoms with Gasteiger partial charge in [-0.25, -0.2) is 9.59 Å². The van der Waals surface area contributed by atoms with E-state index in [1.54, 1.807) is 19.1 Å². The van der Waals surface area contributed by atoms with Crippen LogP contribution >= 0.6 is 0 Å². The predicted octanol–water partition coefficient (Wildman–Crippen LogP) is 1.68. The Kier molecular flexibility index (Phi) is 4.51. The Labute approximate surface area is 100 Å². The second-order valence-corrected chi connectivity index (χ2v) is 3.71. The number of methoxy groups -OCH3 is 1. The average Bonchev–Trinajstić information content (AvgIpc) is 2.30. The number of rotatable bonds is 3.